The van der Waals surface area contributed by atoms with Crippen LogP contribution >= 0.6 is 0 Å². The Labute approximate surface area is 198 Å². The summed E-state index contributed by atoms with van der Waals surface area (Å²) in [6.45, 7) is 4.22. The molecule has 0 atom stereocenters. The standard InChI is InChI=1S/C27H25N3O4/c1-3-33-25-6-4-5-23(16-25)30-27(32)21(17-28)15-20-9-13-24(14-10-20)34-18-26(31)29-22-11-7-19(2)8-12-22/h4-16H,3,18H2,1-2H3,(H,29,31)(H,30,32)/b21-15+. The van der Waals surface area contributed by atoms with Crippen LogP contribution in [0.4, 0.5) is 11.4 Å². The minimum atomic E-state index is -0.524. The zero-order valence-electron chi connectivity index (χ0n) is 19.0. The van der Waals surface area contributed by atoms with Gasteiger partial charge in [-0.3, -0.25) is 9.59 Å². The third-order valence-electron chi connectivity index (χ3n) is 4.66. The van der Waals surface area contributed by atoms with Crippen molar-refractivity contribution in [3.05, 3.63) is 89.5 Å². The first kappa shape index (κ1) is 24.1. The van der Waals surface area contributed by atoms with Gasteiger partial charge in [-0.15, -0.1) is 0 Å². The smallest absolute Gasteiger partial charge is 0.266 e. The van der Waals surface area contributed by atoms with Crippen molar-refractivity contribution in [2.75, 3.05) is 23.8 Å². The van der Waals surface area contributed by atoms with E-state index in [0.29, 0.717) is 35.0 Å². The van der Waals surface area contributed by atoms with Gasteiger partial charge in [0.25, 0.3) is 11.8 Å². The van der Waals surface area contributed by atoms with E-state index in [4.69, 9.17) is 9.47 Å². The second-order valence-electron chi connectivity index (χ2n) is 7.36. The molecule has 172 valence electrons. The number of anilines is 2. The second-order valence-corrected chi connectivity index (χ2v) is 7.36. The summed E-state index contributed by atoms with van der Waals surface area (Å²) >= 11 is 0. The first-order valence-electron chi connectivity index (χ1n) is 10.7. The van der Waals surface area contributed by atoms with Crippen molar-refractivity contribution in [3.63, 3.8) is 0 Å². The molecule has 0 fully saturated rings. The fourth-order valence-electron chi connectivity index (χ4n) is 2.99. The van der Waals surface area contributed by atoms with Crippen LogP contribution in [-0.4, -0.2) is 25.0 Å². The number of nitrogens with zero attached hydrogens (tertiary/aromatic N) is 1. The molecule has 0 aliphatic rings. The van der Waals surface area contributed by atoms with Gasteiger partial charge in [-0.05, 0) is 61.9 Å². The van der Waals surface area contributed by atoms with Crippen molar-refractivity contribution in [2.45, 2.75) is 13.8 Å². The Morgan fingerprint density at radius 1 is 0.912 bits per heavy atom. The Hall–Kier alpha value is -4.57. The number of nitriles is 1. The molecule has 2 N–H and O–H groups in total. The van der Waals surface area contributed by atoms with E-state index >= 15 is 0 Å². The minimum Gasteiger partial charge on any atom is -0.494 e. The van der Waals surface area contributed by atoms with Crippen LogP contribution in [0.15, 0.2) is 78.4 Å². The zero-order valence-corrected chi connectivity index (χ0v) is 19.0. The average Bonchev–Trinajstić information content (AvgIpc) is 2.84. The monoisotopic (exact) mass is 455 g/mol. The fraction of sp³-hybridized carbons (Fsp3) is 0.148. The lowest BCUT2D eigenvalue weighted by Crippen LogP contribution is -2.20. The molecule has 3 rings (SSSR count). The molecular weight excluding hydrogens is 430 g/mol. The highest BCUT2D eigenvalue weighted by atomic mass is 16.5. The van der Waals surface area contributed by atoms with Crippen LogP contribution in [0.25, 0.3) is 6.08 Å². The highest BCUT2D eigenvalue weighted by Gasteiger charge is 2.10. The third kappa shape index (κ3) is 7.24. The number of hydrogen-bond acceptors (Lipinski definition) is 5. The Bertz CT molecular complexity index is 1210. The molecule has 0 aliphatic carbocycles. The van der Waals surface area contributed by atoms with Crippen molar-refractivity contribution < 1.29 is 19.1 Å². The molecule has 0 aliphatic heterocycles. The van der Waals surface area contributed by atoms with E-state index in [0.717, 1.165) is 5.56 Å². The molecule has 7 nitrogen and oxygen atoms in total. The Balaban J connectivity index is 1.57. The predicted molar refractivity (Wildman–Crippen MR) is 132 cm³/mol. The number of carbonyl (C=O) groups excluding carboxylic acids is 2. The largest absolute Gasteiger partial charge is 0.494 e. The van der Waals surface area contributed by atoms with Crippen LogP contribution in [0.3, 0.4) is 0 Å². The van der Waals surface area contributed by atoms with Gasteiger partial charge >= 0.3 is 0 Å². The first-order chi connectivity index (χ1) is 16.5. The number of amides is 2. The van der Waals surface area contributed by atoms with Gasteiger partial charge in [0.15, 0.2) is 6.61 Å². The fourth-order valence-corrected chi connectivity index (χ4v) is 2.99. The summed E-state index contributed by atoms with van der Waals surface area (Å²) in [5, 5.41) is 14.9. The van der Waals surface area contributed by atoms with Gasteiger partial charge < -0.3 is 20.1 Å². The van der Waals surface area contributed by atoms with Crippen LogP contribution in [0.2, 0.25) is 0 Å². The van der Waals surface area contributed by atoms with Crippen LogP contribution in [-0.2, 0) is 9.59 Å². The van der Waals surface area contributed by atoms with Crippen molar-refractivity contribution >= 4 is 29.3 Å². The number of ether oxygens (including phenoxy) is 2. The molecule has 0 spiro atoms. The lowest BCUT2D eigenvalue weighted by Gasteiger charge is -2.08. The molecule has 0 radical (unpaired) electrons. The number of hydrogen-bond donors (Lipinski definition) is 2. The first-order valence-corrected chi connectivity index (χ1v) is 10.7. The zero-order chi connectivity index (χ0) is 24.3. The molecule has 3 aromatic rings. The van der Waals surface area contributed by atoms with Crippen LogP contribution < -0.4 is 20.1 Å². The van der Waals surface area contributed by atoms with Crippen molar-refractivity contribution in [3.8, 4) is 17.6 Å². The van der Waals surface area contributed by atoms with Gasteiger partial charge in [-0.25, -0.2) is 0 Å². The van der Waals surface area contributed by atoms with Gasteiger partial charge in [-0.2, -0.15) is 5.26 Å². The molecule has 0 aromatic heterocycles. The molecule has 34 heavy (non-hydrogen) atoms. The molecule has 7 heteroatoms. The van der Waals surface area contributed by atoms with E-state index < -0.39 is 5.91 Å². The SMILES string of the molecule is CCOc1cccc(NC(=O)/C(C#N)=C/c2ccc(OCC(=O)Nc3ccc(C)cc3)cc2)c1. The van der Waals surface area contributed by atoms with E-state index in [2.05, 4.69) is 10.6 Å². The maximum Gasteiger partial charge on any atom is 0.266 e. The maximum atomic E-state index is 12.5. The minimum absolute atomic E-state index is 0.0482. The molecule has 0 heterocycles. The summed E-state index contributed by atoms with van der Waals surface area (Å²) in [5.41, 5.74) is 2.94. The molecular formula is C27H25N3O4. The van der Waals surface area contributed by atoms with Crippen molar-refractivity contribution in [1.29, 1.82) is 5.26 Å². The van der Waals surface area contributed by atoms with Gasteiger partial charge in [0, 0.05) is 17.4 Å². The molecule has 0 saturated heterocycles. The van der Waals surface area contributed by atoms with Crippen molar-refractivity contribution in [2.24, 2.45) is 0 Å². The number of aryl methyl sites for hydroxylation is 1. The van der Waals surface area contributed by atoms with E-state index in [9.17, 15) is 14.9 Å². The Morgan fingerprint density at radius 3 is 2.32 bits per heavy atom. The Morgan fingerprint density at radius 2 is 1.65 bits per heavy atom. The normalized spacial score (nSPS) is 10.7. The number of benzene rings is 3. The van der Waals surface area contributed by atoms with E-state index in [1.54, 1.807) is 48.5 Å². The lowest BCUT2D eigenvalue weighted by atomic mass is 10.1. The highest BCUT2D eigenvalue weighted by molar-refractivity contribution is 6.09. The lowest BCUT2D eigenvalue weighted by molar-refractivity contribution is -0.118. The van der Waals surface area contributed by atoms with Gasteiger partial charge in [-0.1, -0.05) is 35.9 Å². The average molecular weight is 456 g/mol. The van der Waals surface area contributed by atoms with Crippen molar-refractivity contribution in [1.82, 2.24) is 0 Å². The summed E-state index contributed by atoms with van der Waals surface area (Å²) < 4.78 is 10.9. The van der Waals surface area contributed by atoms with E-state index in [-0.39, 0.29) is 18.1 Å². The number of nitrogens with one attached hydrogen (secondary N) is 2. The van der Waals surface area contributed by atoms with Crippen LogP contribution in [0.5, 0.6) is 11.5 Å². The quantitative estimate of drug-likeness (QED) is 0.351. The topological polar surface area (TPSA) is 100 Å². The predicted octanol–water partition coefficient (Wildman–Crippen LogP) is 4.96. The molecule has 3 aromatic carbocycles. The number of carbonyl (C=O) groups is 2. The van der Waals surface area contributed by atoms with Gasteiger partial charge in [0.2, 0.25) is 0 Å². The van der Waals surface area contributed by atoms with E-state index in [1.165, 1.54) is 6.08 Å². The summed E-state index contributed by atoms with van der Waals surface area (Å²) in [6.07, 6.45) is 1.48. The van der Waals surface area contributed by atoms with Crippen LogP contribution in [0.1, 0.15) is 18.1 Å². The summed E-state index contributed by atoms with van der Waals surface area (Å²) in [5.74, 6) is 0.326. The second kappa shape index (κ2) is 11.9. The summed E-state index contributed by atoms with van der Waals surface area (Å²) in [7, 11) is 0. The maximum absolute atomic E-state index is 12.5. The summed E-state index contributed by atoms with van der Waals surface area (Å²) in [6, 6.07) is 23.1. The highest BCUT2D eigenvalue weighted by Crippen LogP contribution is 2.19. The Kier molecular flexibility index (Phi) is 8.42. The molecule has 2 amide bonds. The molecule has 0 saturated carbocycles. The van der Waals surface area contributed by atoms with E-state index in [1.807, 2.05) is 44.2 Å². The number of rotatable bonds is 9. The molecule has 0 unspecified atom stereocenters. The van der Waals surface area contributed by atoms with Gasteiger partial charge in [0.05, 0.1) is 6.61 Å². The summed E-state index contributed by atoms with van der Waals surface area (Å²) in [4.78, 5) is 24.6. The third-order valence-corrected chi connectivity index (χ3v) is 4.66. The molecule has 0 bridgehead atoms. The van der Waals surface area contributed by atoms with Crippen LogP contribution in [0, 0.1) is 18.3 Å². The van der Waals surface area contributed by atoms with Gasteiger partial charge in [0.1, 0.15) is 23.1 Å².